The van der Waals surface area contributed by atoms with E-state index < -0.39 is 17.7 Å². The van der Waals surface area contributed by atoms with Crippen LogP contribution in [0, 0.1) is 5.92 Å². The van der Waals surface area contributed by atoms with Gasteiger partial charge < -0.3 is 4.74 Å². The van der Waals surface area contributed by atoms with Gasteiger partial charge in [-0.15, -0.1) is 0 Å². The fourth-order valence-corrected chi connectivity index (χ4v) is 3.11. The number of nitrogens with zero attached hydrogens (tertiary/aromatic N) is 1. The summed E-state index contributed by atoms with van der Waals surface area (Å²) in [6.45, 7) is 0.881. The molecule has 2 rings (SSSR count). The van der Waals surface area contributed by atoms with Crippen molar-refractivity contribution in [1.29, 1.82) is 0 Å². The van der Waals surface area contributed by atoms with Gasteiger partial charge in [-0.1, -0.05) is 0 Å². The van der Waals surface area contributed by atoms with Crippen molar-refractivity contribution in [2.75, 3.05) is 19.8 Å². The molecule has 0 radical (unpaired) electrons. The van der Waals surface area contributed by atoms with Crippen LogP contribution in [0.4, 0.5) is 0 Å². The maximum atomic E-state index is 11.8. The average molecular weight is 403 g/mol. The number of carbonyl (C=O) groups excluding carboxylic acids is 6. The highest BCUT2D eigenvalue weighted by atomic mass is 16.5. The number of ketones is 4. The zero-order valence-electron chi connectivity index (χ0n) is 16.3. The second kappa shape index (κ2) is 11.3. The Morgan fingerprint density at radius 2 is 1.28 bits per heavy atom. The van der Waals surface area contributed by atoms with E-state index in [0.717, 1.165) is 4.90 Å². The zero-order chi connectivity index (χ0) is 21.2. The van der Waals surface area contributed by atoms with E-state index in [2.05, 4.69) is 0 Å². The van der Waals surface area contributed by atoms with Gasteiger partial charge in [0.25, 0.3) is 11.8 Å². The molecule has 8 heteroatoms. The van der Waals surface area contributed by atoms with Crippen LogP contribution in [-0.2, 0) is 33.5 Å². The Kier molecular flexibility index (Phi) is 8.79. The molecule has 0 aromatic heterocycles. The smallest absolute Gasteiger partial charge is 0.253 e. The molecule has 2 amide bonds. The lowest BCUT2D eigenvalue weighted by atomic mass is 9.96. The first-order chi connectivity index (χ1) is 13.9. The SMILES string of the molecule is O=C(CCCOCCCC(=O)CCN1C(=O)C=CC1=O)CCC1C(=O)C=CC1=O. The summed E-state index contributed by atoms with van der Waals surface area (Å²) in [6.07, 6.45) is 7.22. The van der Waals surface area contributed by atoms with Crippen molar-refractivity contribution in [2.24, 2.45) is 5.92 Å². The number of imide groups is 1. The standard InChI is InChI=1S/C21H25NO7/c23-15(5-6-17-18(25)7-8-19(17)26)3-1-13-29-14-2-4-16(24)11-12-22-20(27)9-10-21(22)28/h7-10,17H,1-6,11-14H2. The van der Waals surface area contributed by atoms with E-state index in [1.807, 2.05) is 0 Å². The Bertz CT molecular complexity index is 652. The van der Waals surface area contributed by atoms with Crippen molar-refractivity contribution >= 4 is 34.9 Å². The summed E-state index contributed by atoms with van der Waals surface area (Å²) in [4.78, 5) is 70.3. The summed E-state index contributed by atoms with van der Waals surface area (Å²) < 4.78 is 5.41. The summed E-state index contributed by atoms with van der Waals surface area (Å²) >= 11 is 0. The van der Waals surface area contributed by atoms with Gasteiger partial charge in [0.15, 0.2) is 11.6 Å². The van der Waals surface area contributed by atoms with Gasteiger partial charge in [-0.05, 0) is 31.4 Å². The number of rotatable bonds is 14. The van der Waals surface area contributed by atoms with Crippen molar-refractivity contribution < 1.29 is 33.5 Å². The number of allylic oxidation sites excluding steroid dienone is 2. The van der Waals surface area contributed by atoms with Crippen LogP contribution in [0.3, 0.4) is 0 Å². The highest BCUT2D eigenvalue weighted by molar-refractivity contribution is 6.18. The van der Waals surface area contributed by atoms with Crippen LogP contribution in [0.2, 0.25) is 0 Å². The molecular formula is C21H25NO7. The Labute approximate surface area is 168 Å². The molecule has 0 saturated carbocycles. The Morgan fingerprint density at radius 3 is 1.83 bits per heavy atom. The number of amides is 2. The molecule has 1 aliphatic carbocycles. The fourth-order valence-electron chi connectivity index (χ4n) is 3.11. The lowest BCUT2D eigenvalue weighted by molar-refractivity contribution is -0.137. The molecule has 0 unspecified atom stereocenters. The average Bonchev–Trinajstić information content (AvgIpc) is 3.18. The van der Waals surface area contributed by atoms with Gasteiger partial charge in [0, 0.05) is 57.6 Å². The molecule has 0 fully saturated rings. The third-order valence-electron chi connectivity index (χ3n) is 4.81. The molecule has 0 saturated heterocycles. The first kappa shape index (κ1) is 22.5. The summed E-state index contributed by atoms with van der Waals surface area (Å²) in [5.74, 6) is -1.96. The molecule has 156 valence electrons. The Balaban J connectivity index is 1.43. The molecular weight excluding hydrogens is 378 g/mol. The van der Waals surface area contributed by atoms with Crippen molar-refractivity contribution in [3.63, 3.8) is 0 Å². The number of Topliss-reactive ketones (excluding diaryl/α,β-unsaturated/α-hetero) is 2. The van der Waals surface area contributed by atoms with Gasteiger partial charge in [-0.25, -0.2) is 0 Å². The van der Waals surface area contributed by atoms with E-state index in [1.165, 1.54) is 24.3 Å². The van der Waals surface area contributed by atoms with Crippen LogP contribution < -0.4 is 0 Å². The van der Waals surface area contributed by atoms with Gasteiger partial charge >= 0.3 is 0 Å². The minimum absolute atomic E-state index is 0.00299. The zero-order valence-corrected chi connectivity index (χ0v) is 16.3. The first-order valence-electron chi connectivity index (χ1n) is 9.79. The van der Waals surface area contributed by atoms with E-state index in [-0.39, 0.29) is 48.9 Å². The molecule has 0 spiro atoms. The quantitative estimate of drug-likeness (QED) is 0.242. The molecule has 29 heavy (non-hydrogen) atoms. The van der Waals surface area contributed by atoms with Crippen LogP contribution in [0.25, 0.3) is 0 Å². The van der Waals surface area contributed by atoms with Crippen LogP contribution in [0.1, 0.15) is 44.9 Å². The third kappa shape index (κ3) is 7.30. The van der Waals surface area contributed by atoms with Crippen LogP contribution >= 0.6 is 0 Å². The normalized spacial score (nSPS) is 16.5. The fraction of sp³-hybridized carbons (Fsp3) is 0.524. The highest BCUT2D eigenvalue weighted by Gasteiger charge is 2.28. The van der Waals surface area contributed by atoms with Crippen molar-refractivity contribution in [2.45, 2.75) is 44.9 Å². The van der Waals surface area contributed by atoms with E-state index in [0.29, 0.717) is 38.9 Å². The lowest BCUT2D eigenvalue weighted by Gasteiger charge is -2.12. The monoisotopic (exact) mass is 403 g/mol. The molecule has 2 aliphatic rings. The molecule has 8 nitrogen and oxygen atoms in total. The lowest BCUT2D eigenvalue weighted by Crippen LogP contribution is -2.32. The molecule has 0 aromatic carbocycles. The van der Waals surface area contributed by atoms with E-state index in [1.54, 1.807) is 0 Å². The predicted octanol–water partition coefficient (Wildman–Crippen LogP) is 1.12. The number of ether oxygens (including phenoxy) is 1. The van der Waals surface area contributed by atoms with Crippen molar-refractivity contribution in [1.82, 2.24) is 4.90 Å². The summed E-state index contributed by atoms with van der Waals surface area (Å²) in [6, 6.07) is 0. The number of hydrogen-bond acceptors (Lipinski definition) is 7. The van der Waals surface area contributed by atoms with Gasteiger partial charge in [-0.3, -0.25) is 33.7 Å². The Hall–Kier alpha value is -2.74. The van der Waals surface area contributed by atoms with Crippen LogP contribution in [0.5, 0.6) is 0 Å². The number of carbonyl (C=O) groups is 6. The van der Waals surface area contributed by atoms with Gasteiger partial charge in [0.1, 0.15) is 11.6 Å². The molecule has 1 aliphatic heterocycles. The maximum absolute atomic E-state index is 11.8. The molecule has 0 bridgehead atoms. The minimum Gasteiger partial charge on any atom is -0.381 e. The second-order valence-corrected chi connectivity index (χ2v) is 7.04. The molecule has 1 heterocycles. The maximum Gasteiger partial charge on any atom is 0.253 e. The Morgan fingerprint density at radius 1 is 0.759 bits per heavy atom. The van der Waals surface area contributed by atoms with E-state index >= 15 is 0 Å². The summed E-state index contributed by atoms with van der Waals surface area (Å²) in [5.41, 5.74) is 0. The minimum atomic E-state index is -0.689. The van der Waals surface area contributed by atoms with E-state index in [9.17, 15) is 28.8 Å². The van der Waals surface area contributed by atoms with Crippen LogP contribution in [-0.4, -0.2) is 59.6 Å². The molecule has 0 N–H and O–H groups in total. The van der Waals surface area contributed by atoms with E-state index in [4.69, 9.17) is 4.74 Å². The summed E-state index contributed by atoms with van der Waals surface area (Å²) in [5, 5.41) is 0. The first-order valence-corrected chi connectivity index (χ1v) is 9.79. The number of hydrogen-bond donors (Lipinski definition) is 0. The predicted molar refractivity (Wildman–Crippen MR) is 102 cm³/mol. The largest absolute Gasteiger partial charge is 0.381 e. The van der Waals surface area contributed by atoms with Crippen LogP contribution in [0.15, 0.2) is 24.3 Å². The topological polar surface area (TPSA) is 115 Å². The molecule has 0 atom stereocenters. The second-order valence-electron chi connectivity index (χ2n) is 7.04. The van der Waals surface area contributed by atoms with Crippen molar-refractivity contribution in [3.8, 4) is 0 Å². The van der Waals surface area contributed by atoms with Gasteiger partial charge in [0.2, 0.25) is 0 Å². The highest BCUT2D eigenvalue weighted by Crippen LogP contribution is 2.17. The van der Waals surface area contributed by atoms with Gasteiger partial charge in [0.05, 0.1) is 5.92 Å². The third-order valence-corrected chi connectivity index (χ3v) is 4.81. The molecule has 0 aromatic rings. The van der Waals surface area contributed by atoms with Crippen molar-refractivity contribution in [3.05, 3.63) is 24.3 Å². The summed E-state index contributed by atoms with van der Waals surface area (Å²) in [7, 11) is 0. The van der Waals surface area contributed by atoms with Gasteiger partial charge in [-0.2, -0.15) is 0 Å².